The molecule has 1 saturated carbocycles. The van der Waals surface area contributed by atoms with Crippen LogP contribution in [0.2, 0.25) is 0 Å². The van der Waals surface area contributed by atoms with Crippen LogP contribution in [0.25, 0.3) is 0 Å². The van der Waals surface area contributed by atoms with E-state index in [1.807, 2.05) is 0 Å². The molecule has 27 heavy (non-hydrogen) atoms. The number of amides is 2. The zero-order valence-corrected chi connectivity index (χ0v) is 15.6. The molecule has 1 aliphatic carbocycles. The molecule has 0 atom stereocenters. The molecule has 0 radical (unpaired) electrons. The topological polar surface area (TPSA) is 95.9 Å². The normalized spacial score (nSPS) is 19.2. The summed E-state index contributed by atoms with van der Waals surface area (Å²) in [5.74, 6) is -1.30. The van der Waals surface area contributed by atoms with E-state index >= 15 is 0 Å². The lowest BCUT2D eigenvalue weighted by Gasteiger charge is -2.39. The van der Waals surface area contributed by atoms with Gasteiger partial charge in [0, 0.05) is 31.5 Å². The minimum Gasteiger partial charge on any atom is -0.481 e. The summed E-state index contributed by atoms with van der Waals surface area (Å²) in [4.78, 5) is 37.8. The number of anilines is 1. The lowest BCUT2D eigenvalue weighted by molar-refractivity contribution is -0.143. The average molecular weight is 374 g/mol. The number of nitrogens with zero attached hydrogens (tertiary/aromatic N) is 1. The van der Waals surface area contributed by atoms with Crippen LogP contribution in [0.1, 0.15) is 42.5 Å². The van der Waals surface area contributed by atoms with Crippen molar-refractivity contribution in [3.63, 3.8) is 0 Å². The number of carboxylic acid groups (broad SMARTS) is 1. The van der Waals surface area contributed by atoms with Gasteiger partial charge in [0.1, 0.15) is 0 Å². The van der Waals surface area contributed by atoms with Gasteiger partial charge in [-0.25, -0.2) is 0 Å². The van der Waals surface area contributed by atoms with Crippen molar-refractivity contribution in [3.8, 4) is 0 Å². The molecule has 7 nitrogen and oxygen atoms in total. The van der Waals surface area contributed by atoms with Crippen molar-refractivity contribution in [1.82, 2.24) is 4.90 Å². The van der Waals surface area contributed by atoms with Crippen LogP contribution >= 0.6 is 0 Å². The van der Waals surface area contributed by atoms with Crippen LogP contribution in [0.4, 0.5) is 5.69 Å². The van der Waals surface area contributed by atoms with Crippen molar-refractivity contribution in [2.45, 2.75) is 32.1 Å². The maximum Gasteiger partial charge on any atom is 0.306 e. The monoisotopic (exact) mass is 374 g/mol. The van der Waals surface area contributed by atoms with E-state index in [0.29, 0.717) is 43.8 Å². The Morgan fingerprint density at radius 2 is 1.81 bits per heavy atom. The quantitative estimate of drug-likeness (QED) is 0.797. The number of hydrogen-bond donors (Lipinski definition) is 2. The van der Waals surface area contributed by atoms with Crippen molar-refractivity contribution >= 4 is 23.5 Å². The number of methoxy groups -OCH3 is 1. The molecule has 0 unspecified atom stereocenters. The molecule has 2 fully saturated rings. The molecule has 2 aliphatic rings. The van der Waals surface area contributed by atoms with Crippen molar-refractivity contribution in [2.24, 2.45) is 11.3 Å². The molecule has 146 valence electrons. The van der Waals surface area contributed by atoms with Gasteiger partial charge in [-0.1, -0.05) is 6.42 Å². The second kappa shape index (κ2) is 8.08. The zero-order chi connectivity index (χ0) is 19.4. The van der Waals surface area contributed by atoms with E-state index in [9.17, 15) is 14.4 Å². The van der Waals surface area contributed by atoms with Gasteiger partial charge in [0.15, 0.2) is 0 Å². The molecule has 1 heterocycles. The third-order valence-corrected chi connectivity index (χ3v) is 5.73. The lowest BCUT2D eigenvalue weighted by Crippen LogP contribution is -2.45. The van der Waals surface area contributed by atoms with E-state index in [0.717, 1.165) is 19.3 Å². The number of hydrogen-bond acceptors (Lipinski definition) is 4. The fourth-order valence-electron chi connectivity index (χ4n) is 3.79. The van der Waals surface area contributed by atoms with E-state index in [1.165, 1.54) is 0 Å². The Morgan fingerprint density at radius 1 is 1.19 bits per heavy atom. The molecular weight excluding hydrogens is 348 g/mol. The van der Waals surface area contributed by atoms with Gasteiger partial charge in [-0.15, -0.1) is 0 Å². The van der Waals surface area contributed by atoms with E-state index in [4.69, 9.17) is 9.84 Å². The first-order chi connectivity index (χ1) is 12.9. The number of ether oxygens (including phenoxy) is 1. The number of carboxylic acids is 1. The summed E-state index contributed by atoms with van der Waals surface area (Å²) in [7, 11) is 1.60. The number of benzene rings is 1. The number of nitrogens with one attached hydrogen (secondary N) is 1. The Hall–Kier alpha value is -2.41. The second-order valence-electron chi connectivity index (χ2n) is 7.50. The summed E-state index contributed by atoms with van der Waals surface area (Å²) in [6, 6.07) is 6.86. The summed E-state index contributed by atoms with van der Waals surface area (Å²) in [5.41, 5.74) is 0.762. The molecule has 1 saturated heterocycles. The van der Waals surface area contributed by atoms with Crippen LogP contribution in [0.15, 0.2) is 24.3 Å². The molecular formula is C20H26N2O5. The van der Waals surface area contributed by atoms with Gasteiger partial charge in [0.25, 0.3) is 5.91 Å². The first-order valence-corrected chi connectivity index (χ1v) is 9.38. The van der Waals surface area contributed by atoms with Crippen LogP contribution in [0.3, 0.4) is 0 Å². The Bertz CT molecular complexity index is 704. The van der Waals surface area contributed by atoms with E-state index in [2.05, 4.69) is 5.32 Å². The van der Waals surface area contributed by atoms with Gasteiger partial charge in [-0.05, 0) is 49.9 Å². The van der Waals surface area contributed by atoms with E-state index < -0.39 is 11.4 Å². The van der Waals surface area contributed by atoms with Crippen molar-refractivity contribution in [3.05, 3.63) is 29.8 Å². The SMILES string of the molecule is COCC1(C(=O)Nc2ccc(C(=O)N3CCC(C(=O)O)CC3)cc2)CCC1. The molecule has 0 aromatic heterocycles. The minimum absolute atomic E-state index is 0.0366. The second-order valence-corrected chi connectivity index (χ2v) is 7.50. The number of aliphatic carboxylic acids is 1. The van der Waals surface area contributed by atoms with Gasteiger partial charge >= 0.3 is 5.97 Å². The highest BCUT2D eigenvalue weighted by Gasteiger charge is 2.44. The molecule has 3 rings (SSSR count). The van der Waals surface area contributed by atoms with Crippen molar-refractivity contribution in [1.29, 1.82) is 0 Å². The smallest absolute Gasteiger partial charge is 0.306 e. The first kappa shape index (κ1) is 19.4. The summed E-state index contributed by atoms with van der Waals surface area (Å²) in [6.45, 7) is 1.32. The molecule has 1 aromatic rings. The summed E-state index contributed by atoms with van der Waals surface area (Å²) >= 11 is 0. The molecule has 2 amide bonds. The number of piperidine rings is 1. The van der Waals surface area contributed by atoms with Gasteiger partial charge in [-0.3, -0.25) is 14.4 Å². The summed E-state index contributed by atoms with van der Waals surface area (Å²) in [6.07, 6.45) is 3.65. The molecule has 0 bridgehead atoms. The highest BCUT2D eigenvalue weighted by Crippen LogP contribution is 2.42. The Labute approximate surface area is 158 Å². The van der Waals surface area contributed by atoms with Gasteiger partial charge < -0.3 is 20.1 Å². The van der Waals surface area contributed by atoms with Crippen LogP contribution < -0.4 is 5.32 Å². The molecule has 2 N–H and O–H groups in total. The summed E-state index contributed by atoms with van der Waals surface area (Å²) < 4.78 is 5.20. The van der Waals surface area contributed by atoms with Crippen LogP contribution in [-0.4, -0.2) is 54.6 Å². The molecule has 1 aliphatic heterocycles. The Kier molecular flexibility index (Phi) is 5.79. The van der Waals surface area contributed by atoms with E-state index in [-0.39, 0.29) is 17.7 Å². The largest absolute Gasteiger partial charge is 0.481 e. The highest BCUT2D eigenvalue weighted by atomic mass is 16.5. The lowest BCUT2D eigenvalue weighted by atomic mass is 9.68. The van der Waals surface area contributed by atoms with Gasteiger partial charge in [0.05, 0.1) is 17.9 Å². The van der Waals surface area contributed by atoms with Crippen LogP contribution in [-0.2, 0) is 14.3 Å². The predicted molar refractivity (Wildman–Crippen MR) is 99.5 cm³/mol. The fourth-order valence-corrected chi connectivity index (χ4v) is 3.79. The third kappa shape index (κ3) is 4.13. The van der Waals surface area contributed by atoms with E-state index in [1.54, 1.807) is 36.3 Å². The first-order valence-electron chi connectivity index (χ1n) is 9.38. The maximum absolute atomic E-state index is 12.6. The Morgan fingerprint density at radius 3 is 2.30 bits per heavy atom. The molecule has 1 aromatic carbocycles. The van der Waals surface area contributed by atoms with Crippen molar-refractivity contribution < 1.29 is 24.2 Å². The molecule has 7 heteroatoms. The number of rotatable bonds is 6. The predicted octanol–water partition coefficient (Wildman–Crippen LogP) is 2.38. The average Bonchev–Trinajstić information content (AvgIpc) is 2.64. The van der Waals surface area contributed by atoms with Crippen molar-refractivity contribution in [2.75, 3.05) is 32.1 Å². The van der Waals surface area contributed by atoms with Gasteiger partial charge in [0.2, 0.25) is 5.91 Å². The number of likely N-dealkylation sites (tertiary alicyclic amines) is 1. The maximum atomic E-state index is 12.6. The number of carbonyl (C=O) groups excluding carboxylic acids is 2. The standard InChI is InChI=1S/C20H26N2O5/c1-27-13-20(9-2-10-20)19(26)21-16-5-3-14(4-6-16)17(23)22-11-7-15(8-12-22)18(24)25/h3-6,15H,2,7-13H2,1H3,(H,21,26)(H,24,25). The van der Waals surface area contributed by atoms with Crippen LogP contribution in [0, 0.1) is 11.3 Å². The molecule has 0 spiro atoms. The minimum atomic E-state index is -0.792. The summed E-state index contributed by atoms with van der Waals surface area (Å²) in [5, 5.41) is 12.0. The zero-order valence-electron chi connectivity index (χ0n) is 15.6. The highest BCUT2D eigenvalue weighted by molar-refractivity contribution is 5.98. The number of carbonyl (C=O) groups is 3. The third-order valence-electron chi connectivity index (χ3n) is 5.73. The van der Waals surface area contributed by atoms with Gasteiger partial charge in [-0.2, -0.15) is 0 Å². The fraction of sp³-hybridized carbons (Fsp3) is 0.550. The Balaban J connectivity index is 1.58. The van der Waals surface area contributed by atoms with Crippen LogP contribution in [0.5, 0.6) is 0 Å².